The molecule has 0 aliphatic heterocycles. The minimum absolute atomic E-state index is 0.320. The lowest BCUT2D eigenvalue weighted by molar-refractivity contribution is 0.355. The Morgan fingerprint density at radius 1 is 1.12 bits per heavy atom. The van der Waals surface area contributed by atoms with Crippen molar-refractivity contribution in [2.45, 2.75) is 4.43 Å². The van der Waals surface area contributed by atoms with Crippen LogP contribution in [0.15, 0.2) is 42.5 Å². The van der Waals surface area contributed by atoms with E-state index in [4.69, 9.17) is 15.2 Å². The molecule has 0 saturated heterocycles. The van der Waals surface area contributed by atoms with Gasteiger partial charge in [-0.3, -0.25) is 0 Å². The highest BCUT2D eigenvalue weighted by Crippen LogP contribution is 2.31. The van der Waals surface area contributed by atoms with Gasteiger partial charge in [-0.15, -0.1) is 5.10 Å². The molecule has 3 aromatic rings. The Kier molecular flexibility index (Phi) is 5.27. The van der Waals surface area contributed by atoms with Crippen LogP contribution in [-0.2, 0) is 4.43 Å². The molecule has 0 aliphatic carbocycles. The van der Waals surface area contributed by atoms with Gasteiger partial charge in [0.1, 0.15) is 0 Å². The smallest absolute Gasteiger partial charge is 0.248 e. The SMILES string of the molecule is COc1ccc(Nc2nc(N)n(-c3ccccc3CI)n2)cc1OC. The van der Waals surface area contributed by atoms with Crippen LogP contribution in [0.25, 0.3) is 5.69 Å². The van der Waals surface area contributed by atoms with Gasteiger partial charge in [0.05, 0.1) is 19.9 Å². The first-order valence-electron chi connectivity index (χ1n) is 7.52. The van der Waals surface area contributed by atoms with Crippen LogP contribution in [0, 0.1) is 0 Å². The fraction of sp³-hybridized carbons (Fsp3) is 0.176. The molecule has 0 bridgehead atoms. The number of aromatic nitrogens is 3. The third-order valence-corrected chi connectivity index (χ3v) is 4.46. The second kappa shape index (κ2) is 7.60. The minimum atomic E-state index is 0.320. The summed E-state index contributed by atoms with van der Waals surface area (Å²) in [7, 11) is 3.19. The van der Waals surface area contributed by atoms with Gasteiger partial charge in [-0.25, -0.2) is 0 Å². The molecule has 0 amide bonds. The Balaban J connectivity index is 1.91. The number of anilines is 3. The zero-order chi connectivity index (χ0) is 17.8. The number of hydrogen-bond acceptors (Lipinski definition) is 6. The molecule has 3 N–H and O–H groups in total. The van der Waals surface area contributed by atoms with Crippen LogP contribution in [0.5, 0.6) is 11.5 Å². The molecule has 7 nitrogen and oxygen atoms in total. The quantitative estimate of drug-likeness (QED) is 0.441. The largest absolute Gasteiger partial charge is 0.493 e. The number of rotatable bonds is 6. The Morgan fingerprint density at radius 3 is 2.60 bits per heavy atom. The molecule has 0 aliphatic rings. The van der Waals surface area contributed by atoms with Crippen molar-refractivity contribution in [1.82, 2.24) is 14.8 Å². The van der Waals surface area contributed by atoms with E-state index in [2.05, 4.69) is 38.0 Å². The average molecular weight is 451 g/mol. The summed E-state index contributed by atoms with van der Waals surface area (Å²) in [5.41, 5.74) is 8.88. The molecule has 0 saturated carbocycles. The summed E-state index contributed by atoms with van der Waals surface area (Å²) < 4.78 is 13.0. The molecule has 0 spiro atoms. The Morgan fingerprint density at radius 2 is 1.88 bits per heavy atom. The zero-order valence-electron chi connectivity index (χ0n) is 13.9. The van der Waals surface area contributed by atoms with Crippen molar-refractivity contribution < 1.29 is 9.47 Å². The van der Waals surface area contributed by atoms with Gasteiger partial charge in [0.15, 0.2) is 11.5 Å². The van der Waals surface area contributed by atoms with E-state index in [-0.39, 0.29) is 0 Å². The highest BCUT2D eigenvalue weighted by atomic mass is 127. The highest BCUT2D eigenvalue weighted by molar-refractivity contribution is 14.1. The van der Waals surface area contributed by atoms with Crippen molar-refractivity contribution in [3.8, 4) is 17.2 Å². The maximum absolute atomic E-state index is 6.05. The Bertz CT molecular complexity index is 881. The number of halogens is 1. The third kappa shape index (κ3) is 3.63. The standard InChI is InChI=1S/C17H18IN5O2/c1-24-14-8-7-12(9-15(14)25-2)20-17-21-16(19)23(22-17)13-6-4-3-5-11(13)10-18/h3-9H,10H2,1-2H3,(H3,19,20,21,22). The maximum Gasteiger partial charge on any atom is 0.248 e. The lowest BCUT2D eigenvalue weighted by Crippen LogP contribution is -2.05. The summed E-state index contributed by atoms with van der Waals surface area (Å²) in [5.74, 6) is 2.01. The number of nitrogens with one attached hydrogen (secondary N) is 1. The fourth-order valence-corrected chi connectivity index (χ4v) is 3.07. The Labute approximate surface area is 159 Å². The number of nitrogen functional groups attached to an aromatic ring is 1. The van der Waals surface area contributed by atoms with E-state index in [0.29, 0.717) is 23.4 Å². The van der Waals surface area contributed by atoms with E-state index in [1.807, 2.05) is 42.5 Å². The van der Waals surface area contributed by atoms with Crippen molar-refractivity contribution in [3.05, 3.63) is 48.0 Å². The molecule has 0 unspecified atom stereocenters. The minimum Gasteiger partial charge on any atom is -0.493 e. The average Bonchev–Trinajstić information content (AvgIpc) is 3.01. The van der Waals surface area contributed by atoms with E-state index in [9.17, 15) is 0 Å². The van der Waals surface area contributed by atoms with Crippen molar-refractivity contribution in [2.24, 2.45) is 0 Å². The van der Waals surface area contributed by atoms with Crippen molar-refractivity contribution in [3.63, 3.8) is 0 Å². The summed E-state index contributed by atoms with van der Waals surface area (Å²) in [6, 6.07) is 13.4. The van der Waals surface area contributed by atoms with Gasteiger partial charge in [-0.1, -0.05) is 40.8 Å². The van der Waals surface area contributed by atoms with E-state index in [1.54, 1.807) is 18.9 Å². The summed E-state index contributed by atoms with van der Waals surface area (Å²) >= 11 is 2.31. The van der Waals surface area contributed by atoms with E-state index < -0.39 is 0 Å². The summed E-state index contributed by atoms with van der Waals surface area (Å²) in [6.45, 7) is 0. The molecule has 25 heavy (non-hydrogen) atoms. The monoisotopic (exact) mass is 451 g/mol. The molecule has 130 valence electrons. The first kappa shape index (κ1) is 17.3. The number of ether oxygens (including phenoxy) is 2. The number of nitrogens with two attached hydrogens (primary N) is 1. The second-order valence-corrected chi connectivity index (χ2v) is 5.93. The predicted molar refractivity (Wildman–Crippen MR) is 106 cm³/mol. The molecule has 3 rings (SSSR count). The first-order chi connectivity index (χ1) is 12.2. The van der Waals surface area contributed by atoms with Gasteiger partial charge in [-0.05, 0) is 23.8 Å². The molecule has 0 fully saturated rings. The zero-order valence-corrected chi connectivity index (χ0v) is 16.0. The third-order valence-electron chi connectivity index (χ3n) is 3.64. The van der Waals surface area contributed by atoms with Gasteiger partial charge >= 0.3 is 0 Å². The summed E-state index contributed by atoms with van der Waals surface area (Å²) in [4.78, 5) is 4.30. The van der Waals surface area contributed by atoms with Crippen molar-refractivity contribution in [2.75, 3.05) is 25.3 Å². The molecular weight excluding hydrogens is 433 g/mol. The van der Waals surface area contributed by atoms with Crippen LogP contribution in [0.2, 0.25) is 0 Å². The van der Waals surface area contributed by atoms with Gasteiger partial charge in [-0.2, -0.15) is 9.67 Å². The van der Waals surface area contributed by atoms with Crippen LogP contribution >= 0.6 is 22.6 Å². The number of alkyl halides is 1. The summed E-state index contributed by atoms with van der Waals surface area (Å²) in [6.07, 6.45) is 0. The maximum atomic E-state index is 6.05. The van der Waals surface area contributed by atoms with E-state index in [0.717, 1.165) is 21.4 Å². The topological polar surface area (TPSA) is 87.2 Å². The number of methoxy groups -OCH3 is 2. The van der Waals surface area contributed by atoms with Crippen LogP contribution in [0.1, 0.15) is 5.56 Å². The van der Waals surface area contributed by atoms with Crippen molar-refractivity contribution >= 4 is 40.2 Å². The van der Waals surface area contributed by atoms with Gasteiger partial charge < -0.3 is 20.5 Å². The molecule has 2 aromatic carbocycles. The molecule has 0 radical (unpaired) electrons. The molecular formula is C17H18IN5O2. The van der Waals surface area contributed by atoms with Gasteiger partial charge in [0.25, 0.3) is 0 Å². The number of hydrogen-bond donors (Lipinski definition) is 2. The van der Waals surface area contributed by atoms with Crippen molar-refractivity contribution in [1.29, 1.82) is 0 Å². The first-order valence-corrected chi connectivity index (χ1v) is 9.04. The molecule has 1 aromatic heterocycles. The lowest BCUT2D eigenvalue weighted by atomic mass is 10.2. The van der Waals surface area contributed by atoms with Gasteiger partial charge in [0, 0.05) is 16.2 Å². The highest BCUT2D eigenvalue weighted by Gasteiger charge is 2.12. The lowest BCUT2D eigenvalue weighted by Gasteiger charge is -2.09. The second-order valence-electron chi connectivity index (χ2n) is 5.16. The van der Waals surface area contributed by atoms with Crippen LogP contribution in [0.4, 0.5) is 17.6 Å². The van der Waals surface area contributed by atoms with Crippen LogP contribution in [0.3, 0.4) is 0 Å². The number of para-hydroxylation sites is 1. The molecule has 1 heterocycles. The van der Waals surface area contributed by atoms with E-state index >= 15 is 0 Å². The number of benzene rings is 2. The number of nitrogens with zero attached hydrogens (tertiary/aromatic N) is 3. The molecule has 0 atom stereocenters. The fourth-order valence-electron chi connectivity index (χ4n) is 2.43. The summed E-state index contributed by atoms with van der Waals surface area (Å²) in [5, 5.41) is 7.61. The van der Waals surface area contributed by atoms with Crippen LogP contribution in [-0.4, -0.2) is 29.0 Å². The molecule has 8 heteroatoms. The van der Waals surface area contributed by atoms with Gasteiger partial charge in [0.2, 0.25) is 11.9 Å². The Hall–Kier alpha value is -2.49. The van der Waals surface area contributed by atoms with E-state index in [1.165, 1.54) is 0 Å². The van der Waals surface area contributed by atoms with Crippen LogP contribution < -0.4 is 20.5 Å². The normalized spacial score (nSPS) is 10.5. The predicted octanol–water partition coefficient (Wildman–Crippen LogP) is 3.55.